The summed E-state index contributed by atoms with van der Waals surface area (Å²) in [6, 6.07) is 3.35. The number of carbonyl (C=O) groups is 2. The summed E-state index contributed by atoms with van der Waals surface area (Å²) in [4.78, 5) is 27.6. The number of amides is 2. The van der Waals surface area contributed by atoms with Gasteiger partial charge in [-0.15, -0.1) is 0 Å². The summed E-state index contributed by atoms with van der Waals surface area (Å²) in [5.74, 6) is 0.286. The molecule has 1 aromatic rings. The minimum Gasteiger partial charge on any atom is -0.459 e. The molecule has 1 saturated heterocycles. The van der Waals surface area contributed by atoms with E-state index >= 15 is 0 Å². The third-order valence-electron chi connectivity index (χ3n) is 3.09. The molecule has 0 bridgehead atoms. The van der Waals surface area contributed by atoms with Gasteiger partial charge in [-0.2, -0.15) is 0 Å². The Balaban J connectivity index is 1.93. The number of hydrogen-bond donors (Lipinski definition) is 0. The molecule has 1 aliphatic rings. The maximum Gasteiger partial charge on any atom is 0.289 e. The molecule has 1 fully saturated rings. The highest BCUT2D eigenvalue weighted by molar-refractivity contribution is 9.10. The smallest absolute Gasteiger partial charge is 0.289 e. The Hall–Kier alpha value is -1.30. The SMILES string of the molecule is CC(C)(Br)C(=O)N1CCN(C(=O)c2ccco2)CC1. The molecular weight excluding hydrogens is 312 g/mol. The Bertz CT molecular complexity index is 457. The minimum absolute atomic E-state index is 0.0533. The van der Waals surface area contributed by atoms with E-state index in [9.17, 15) is 9.59 Å². The van der Waals surface area contributed by atoms with Crippen molar-refractivity contribution in [2.45, 2.75) is 18.2 Å². The van der Waals surface area contributed by atoms with Gasteiger partial charge in [0.15, 0.2) is 5.76 Å². The molecule has 0 atom stereocenters. The highest BCUT2D eigenvalue weighted by Crippen LogP contribution is 2.20. The molecule has 1 aliphatic heterocycles. The van der Waals surface area contributed by atoms with Gasteiger partial charge in [-0.3, -0.25) is 9.59 Å². The molecule has 2 rings (SSSR count). The first-order valence-electron chi connectivity index (χ1n) is 6.20. The fourth-order valence-electron chi connectivity index (χ4n) is 2.04. The molecule has 0 unspecified atom stereocenters. The molecule has 0 radical (unpaired) electrons. The second-order valence-corrected chi connectivity index (χ2v) is 7.02. The van der Waals surface area contributed by atoms with Gasteiger partial charge >= 0.3 is 0 Å². The lowest BCUT2D eigenvalue weighted by Gasteiger charge is -2.36. The highest BCUT2D eigenvalue weighted by Gasteiger charge is 2.32. The molecule has 19 heavy (non-hydrogen) atoms. The van der Waals surface area contributed by atoms with Crippen LogP contribution in [0.1, 0.15) is 24.4 Å². The van der Waals surface area contributed by atoms with Gasteiger partial charge in [-0.25, -0.2) is 0 Å². The van der Waals surface area contributed by atoms with Gasteiger partial charge in [0, 0.05) is 26.2 Å². The van der Waals surface area contributed by atoms with Gasteiger partial charge in [0.1, 0.15) is 0 Å². The van der Waals surface area contributed by atoms with Gasteiger partial charge in [-0.1, -0.05) is 15.9 Å². The number of furan rings is 1. The minimum atomic E-state index is -0.555. The molecule has 2 heterocycles. The summed E-state index contributed by atoms with van der Waals surface area (Å²) in [7, 11) is 0. The molecule has 0 aromatic carbocycles. The van der Waals surface area contributed by atoms with E-state index in [1.807, 2.05) is 13.8 Å². The molecule has 2 amide bonds. The van der Waals surface area contributed by atoms with Crippen LogP contribution in [0.15, 0.2) is 22.8 Å². The maximum absolute atomic E-state index is 12.1. The first-order chi connectivity index (χ1) is 8.89. The average Bonchev–Trinajstić information content (AvgIpc) is 2.90. The Morgan fingerprint density at radius 2 is 1.79 bits per heavy atom. The largest absolute Gasteiger partial charge is 0.459 e. The molecule has 0 aliphatic carbocycles. The molecule has 0 spiro atoms. The van der Waals surface area contributed by atoms with Crippen molar-refractivity contribution in [3.63, 3.8) is 0 Å². The Kier molecular flexibility index (Phi) is 3.99. The second kappa shape index (κ2) is 5.36. The third-order valence-corrected chi connectivity index (χ3v) is 3.43. The zero-order chi connectivity index (χ0) is 14.0. The van der Waals surface area contributed by atoms with Crippen LogP contribution in [0.3, 0.4) is 0 Å². The quantitative estimate of drug-likeness (QED) is 0.777. The van der Waals surface area contributed by atoms with Crippen LogP contribution in [-0.2, 0) is 4.79 Å². The molecule has 104 valence electrons. The van der Waals surface area contributed by atoms with Gasteiger partial charge in [-0.05, 0) is 26.0 Å². The summed E-state index contributed by atoms with van der Waals surface area (Å²) in [6.45, 7) is 5.84. The topological polar surface area (TPSA) is 53.8 Å². The van der Waals surface area contributed by atoms with Gasteiger partial charge in [0.05, 0.1) is 10.6 Å². The van der Waals surface area contributed by atoms with Crippen LogP contribution in [-0.4, -0.2) is 52.1 Å². The van der Waals surface area contributed by atoms with Crippen LogP contribution in [0.5, 0.6) is 0 Å². The monoisotopic (exact) mass is 328 g/mol. The standard InChI is InChI=1S/C13H17BrN2O3/c1-13(2,14)12(18)16-7-5-15(6-8-16)11(17)10-4-3-9-19-10/h3-4,9H,5-8H2,1-2H3. The number of piperazine rings is 1. The predicted octanol–water partition coefficient (Wildman–Crippen LogP) is 1.74. The van der Waals surface area contributed by atoms with Crippen LogP contribution in [0, 0.1) is 0 Å². The van der Waals surface area contributed by atoms with E-state index < -0.39 is 4.32 Å². The van der Waals surface area contributed by atoms with Crippen molar-refractivity contribution in [3.05, 3.63) is 24.2 Å². The normalized spacial score (nSPS) is 16.6. The zero-order valence-electron chi connectivity index (χ0n) is 11.1. The van der Waals surface area contributed by atoms with Crippen molar-refractivity contribution < 1.29 is 14.0 Å². The third kappa shape index (κ3) is 3.18. The highest BCUT2D eigenvalue weighted by atomic mass is 79.9. The van der Waals surface area contributed by atoms with Crippen molar-refractivity contribution in [1.29, 1.82) is 0 Å². The lowest BCUT2D eigenvalue weighted by molar-refractivity contribution is -0.134. The van der Waals surface area contributed by atoms with E-state index in [0.717, 1.165) is 0 Å². The first-order valence-corrected chi connectivity index (χ1v) is 7.00. The number of nitrogens with zero attached hydrogens (tertiary/aromatic N) is 2. The molecule has 0 N–H and O–H groups in total. The summed E-state index contributed by atoms with van der Waals surface area (Å²) < 4.78 is 4.54. The van der Waals surface area contributed by atoms with Gasteiger partial charge in [0.2, 0.25) is 5.91 Å². The Morgan fingerprint density at radius 1 is 1.21 bits per heavy atom. The zero-order valence-corrected chi connectivity index (χ0v) is 12.6. The van der Waals surface area contributed by atoms with Gasteiger partial charge < -0.3 is 14.2 Å². The van der Waals surface area contributed by atoms with Gasteiger partial charge in [0.25, 0.3) is 5.91 Å². The van der Waals surface area contributed by atoms with Crippen molar-refractivity contribution in [1.82, 2.24) is 9.80 Å². The van der Waals surface area contributed by atoms with E-state index in [2.05, 4.69) is 15.9 Å². The van der Waals surface area contributed by atoms with E-state index in [0.29, 0.717) is 31.9 Å². The molecule has 5 nitrogen and oxygen atoms in total. The Labute approximate surface area is 120 Å². The number of hydrogen-bond acceptors (Lipinski definition) is 3. The fraction of sp³-hybridized carbons (Fsp3) is 0.538. The van der Waals surface area contributed by atoms with E-state index in [4.69, 9.17) is 4.42 Å². The lowest BCUT2D eigenvalue weighted by Crippen LogP contribution is -2.53. The Morgan fingerprint density at radius 3 is 2.26 bits per heavy atom. The maximum atomic E-state index is 12.1. The summed E-state index contributed by atoms with van der Waals surface area (Å²) >= 11 is 3.37. The fourth-order valence-corrected chi connectivity index (χ4v) is 2.30. The second-order valence-electron chi connectivity index (χ2n) is 5.03. The van der Waals surface area contributed by atoms with Crippen LogP contribution in [0.2, 0.25) is 0 Å². The molecular formula is C13H17BrN2O3. The van der Waals surface area contributed by atoms with Crippen LogP contribution >= 0.6 is 15.9 Å². The first kappa shape index (κ1) is 14.1. The summed E-state index contributed by atoms with van der Waals surface area (Å²) in [5.41, 5.74) is 0. The number of carbonyl (C=O) groups excluding carboxylic acids is 2. The molecule has 6 heteroatoms. The van der Waals surface area contributed by atoms with Crippen LogP contribution in [0.25, 0.3) is 0 Å². The summed E-state index contributed by atoms with van der Waals surface area (Å²) in [5, 5.41) is 0. The number of alkyl halides is 1. The van der Waals surface area contributed by atoms with Crippen LogP contribution in [0.4, 0.5) is 0 Å². The van der Waals surface area contributed by atoms with Crippen LogP contribution < -0.4 is 0 Å². The van der Waals surface area contributed by atoms with Crippen molar-refractivity contribution >= 4 is 27.7 Å². The van der Waals surface area contributed by atoms with E-state index in [-0.39, 0.29) is 11.8 Å². The van der Waals surface area contributed by atoms with Crippen molar-refractivity contribution in [3.8, 4) is 0 Å². The average molecular weight is 329 g/mol. The molecule has 1 aromatic heterocycles. The molecule has 0 saturated carbocycles. The number of rotatable bonds is 2. The lowest BCUT2D eigenvalue weighted by atomic mass is 10.1. The van der Waals surface area contributed by atoms with E-state index in [1.54, 1.807) is 21.9 Å². The number of halogens is 1. The summed E-state index contributed by atoms with van der Waals surface area (Å²) in [6.07, 6.45) is 1.49. The van der Waals surface area contributed by atoms with Crippen molar-refractivity contribution in [2.24, 2.45) is 0 Å². The van der Waals surface area contributed by atoms with Crippen molar-refractivity contribution in [2.75, 3.05) is 26.2 Å². The predicted molar refractivity (Wildman–Crippen MR) is 74.2 cm³/mol. The van der Waals surface area contributed by atoms with E-state index in [1.165, 1.54) is 6.26 Å².